The third kappa shape index (κ3) is 4.41. The minimum atomic E-state index is 0.104. The van der Waals surface area contributed by atoms with Gasteiger partial charge in [-0.1, -0.05) is 0 Å². The molecule has 1 atom stereocenters. The Morgan fingerprint density at radius 3 is 2.79 bits per heavy atom. The molecule has 10 heteroatoms. The molecule has 1 aromatic carbocycles. The van der Waals surface area contributed by atoms with Gasteiger partial charge in [0.25, 0.3) is 5.91 Å². The smallest absolute Gasteiger partial charge is 0.253 e. The van der Waals surface area contributed by atoms with E-state index in [-0.39, 0.29) is 5.91 Å². The number of aromatic nitrogens is 2. The van der Waals surface area contributed by atoms with Crippen LogP contribution < -0.4 is 15.5 Å². The highest BCUT2D eigenvalue weighted by atomic mass is 32.2. The molecule has 4 N–H and O–H groups in total. The number of hydrogen-bond donors (Lipinski definition) is 4. The number of fused-ring (bicyclic) bond motifs is 1. The van der Waals surface area contributed by atoms with Gasteiger partial charge >= 0.3 is 0 Å². The number of carbonyl (C=O) groups excluding carboxylic acids is 1. The van der Waals surface area contributed by atoms with Crippen LogP contribution in [0.25, 0.3) is 0 Å². The molecular formula is C23H27N8OS+. The van der Waals surface area contributed by atoms with E-state index in [0.29, 0.717) is 12.5 Å². The number of nitrogens with zero attached hydrogens (tertiary/aromatic N) is 4. The van der Waals surface area contributed by atoms with Gasteiger partial charge in [0.15, 0.2) is 5.82 Å². The first-order valence-corrected chi connectivity index (χ1v) is 12.2. The number of aromatic amines is 1. The van der Waals surface area contributed by atoms with Crippen LogP contribution >= 0.6 is 11.9 Å². The normalized spacial score (nSPS) is 22.1. The molecule has 4 aliphatic rings. The number of quaternary nitrogens is 1. The Morgan fingerprint density at radius 1 is 1.18 bits per heavy atom. The van der Waals surface area contributed by atoms with Crippen molar-refractivity contribution in [2.45, 2.75) is 23.7 Å². The van der Waals surface area contributed by atoms with Crippen molar-refractivity contribution in [2.75, 3.05) is 38.0 Å². The summed E-state index contributed by atoms with van der Waals surface area (Å²) < 4.78 is 2.17. The molecule has 1 saturated heterocycles. The van der Waals surface area contributed by atoms with E-state index in [1.54, 1.807) is 11.9 Å². The van der Waals surface area contributed by atoms with Crippen molar-refractivity contribution in [3.05, 3.63) is 66.0 Å². The highest BCUT2D eigenvalue weighted by molar-refractivity contribution is 7.97. The number of hydrogen-bond acceptors (Lipinski definition) is 7. The average Bonchev–Trinajstić information content (AvgIpc) is 3.40. The summed E-state index contributed by atoms with van der Waals surface area (Å²) in [6, 6.07) is 9.99. The van der Waals surface area contributed by atoms with E-state index in [1.807, 2.05) is 41.6 Å². The first-order valence-electron chi connectivity index (χ1n) is 11.4. The largest absolute Gasteiger partial charge is 0.336 e. The molecule has 1 saturated carbocycles. The molecular weight excluding hydrogens is 436 g/mol. The Bertz CT molecular complexity index is 1130. The van der Waals surface area contributed by atoms with E-state index in [2.05, 4.69) is 42.4 Å². The van der Waals surface area contributed by atoms with Gasteiger partial charge in [0.2, 0.25) is 11.7 Å². The SMILES string of the molecule is O=C(c1ccc(SN2C=C(Nc3cc(C4CC4)[nH]n3)[NH+]3C=CN=C3C2)cc1)N1CCNCC1. The molecule has 6 rings (SSSR count). The van der Waals surface area contributed by atoms with Crippen molar-refractivity contribution in [3.8, 4) is 0 Å². The molecule has 1 unspecified atom stereocenters. The molecule has 1 aromatic heterocycles. The average molecular weight is 464 g/mol. The topological polar surface area (TPSA) is 93.1 Å². The number of H-pyrrole nitrogens is 1. The van der Waals surface area contributed by atoms with Gasteiger partial charge in [-0.05, 0) is 49.1 Å². The lowest BCUT2D eigenvalue weighted by Crippen LogP contribution is -3.10. The van der Waals surface area contributed by atoms with Crippen LogP contribution in [-0.4, -0.2) is 63.9 Å². The summed E-state index contributed by atoms with van der Waals surface area (Å²) in [6.07, 6.45) is 8.49. The minimum Gasteiger partial charge on any atom is -0.336 e. The lowest BCUT2D eigenvalue weighted by molar-refractivity contribution is -0.699. The maximum Gasteiger partial charge on any atom is 0.253 e. The van der Waals surface area contributed by atoms with Crippen LogP contribution in [0.4, 0.5) is 5.82 Å². The molecule has 3 aliphatic heterocycles. The van der Waals surface area contributed by atoms with Crippen LogP contribution in [0.5, 0.6) is 0 Å². The molecule has 1 amide bonds. The van der Waals surface area contributed by atoms with Crippen LogP contribution in [0.3, 0.4) is 0 Å². The van der Waals surface area contributed by atoms with Crippen LogP contribution in [0, 0.1) is 0 Å². The van der Waals surface area contributed by atoms with Gasteiger partial charge in [-0.3, -0.25) is 19.5 Å². The van der Waals surface area contributed by atoms with Crippen LogP contribution in [0.15, 0.2) is 64.6 Å². The summed E-state index contributed by atoms with van der Waals surface area (Å²) in [5.41, 5.74) is 1.94. The molecule has 2 fully saturated rings. The summed E-state index contributed by atoms with van der Waals surface area (Å²) in [5, 5.41) is 14.4. The van der Waals surface area contributed by atoms with Crippen molar-refractivity contribution in [3.63, 3.8) is 0 Å². The van der Waals surface area contributed by atoms with Crippen molar-refractivity contribution >= 4 is 29.5 Å². The van der Waals surface area contributed by atoms with Gasteiger partial charge in [0.1, 0.15) is 12.7 Å². The lowest BCUT2D eigenvalue weighted by Gasteiger charge is -2.28. The Labute approximate surface area is 196 Å². The Balaban J connectivity index is 1.15. The van der Waals surface area contributed by atoms with E-state index in [0.717, 1.165) is 59.0 Å². The van der Waals surface area contributed by atoms with Crippen molar-refractivity contribution in [1.29, 1.82) is 0 Å². The van der Waals surface area contributed by atoms with Gasteiger partial charge in [-0.15, -0.1) is 0 Å². The van der Waals surface area contributed by atoms with Crippen LogP contribution in [0.1, 0.15) is 34.8 Å². The number of carbonyl (C=O) groups is 1. The van der Waals surface area contributed by atoms with Crippen LogP contribution in [0.2, 0.25) is 0 Å². The second-order valence-electron chi connectivity index (χ2n) is 8.69. The Kier molecular flexibility index (Phi) is 5.41. The van der Waals surface area contributed by atoms with Gasteiger partial charge in [-0.2, -0.15) is 5.10 Å². The number of amides is 1. The molecule has 170 valence electrons. The van der Waals surface area contributed by atoms with Crippen molar-refractivity contribution in [2.24, 2.45) is 4.99 Å². The predicted molar refractivity (Wildman–Crippen MR) is 128 cm³/mol. The first kappa shape index (κ1) is 20.5. The molecule has 1 aliphatic carbocycles. The van der Waals surface area contributed by atoms with Crippen molar-refractivity contribution < 1.29 is 9.69 Å². The molecule has 0 bridgehead atoms. The third-order valence-corrected chi connectivity index (χ3v) is 7.21. The van der Waals surface area contributed by atoms with Crippen LogP contribution in [-0.2, 0) is 0 Å². The van der Waals surface area contributed by atoms with E-state index in [4.69, 9.17) is 0 Å². The van der Waals surface area contributed by atoms with Gasteiger partial charge < -0.3 is 10.2 Å². The summed E-state index contributed by atoms with van der Waals surface area (Å²) in [4.78, 5) is 21.4. The maximum atomic E-state index is 12.7. The molecule has 0 spiro atoms. The summed E-state index contributed by atoms with van der Waals surface area (Å²) in [5.74, 6) is 3.60. The Hall–Kier alpha value is -3.08. The zero-order valence-electron chi connectivity index (χ0n) is 18.3. The number of rotatable bonds is 6. The fourth-order valence-corrected chi connectivity index (χ4v) is 5.16. The minimum absolute atomic E-state index is 0.104. The second kappa shape index (κ2) is 8.69. The number of piperazine rings is 1. The zero-order valence-corrected chi connectivity index (χ0v) is 19.1. The number of aliphatic imine (C=N–C) groups is 1. The van der Waals surface area contributed by atoms with Gasteiger partial charge in [-0.25, -0.2) is 9.89 Å². The zero-order chi connectivity index (χ0) is 22.2. The van der Waals surface area contributed by atoms with Crippen molar-refractivity contribution in [1.82, 2.24) is 24.7 Å². The maximum absolute atomic E-state index is 12.7. The number of benzene rings is 1. The Morgan fingerprint density at radius 2 is 2.00 bits per heavy atom. The quantitative estimate of drug-likeness (QED) is 0.483. The molecule has 2 aromatic rings. The predicted octanol–water partition coefficient (Wildman–Crippen LogP) is 1.33. The monoisotopic (exact) mass is 463 g/mol. The van der Waals surface area contributed by atoms with Gasteiger partial charge in [0, 0.05) is 54.3 Å². The van der Waals surface area contributed by atoms with E-state index in [1.165, 1.54) is 18.5 Å². The van der Waals surface area contributed by atoms with E-state index in [9.17, 15) is 4.79 Å². The molecule has 9 nitrogen and oxygen atoms in total. The van der Waals surface area contributed by atoms with E-state index < -0.39 is 0 Å². The fraction of sp³-hybridized carbons (Fsp3) is 0.348. The standard InChI is InChI=1S/C23H26N8OS/c32-23(29-10-7-24-8-11-29)17-3-5-18(6-4-17)33-30-14-21-25-9-12-31(21)22(15-30)26-20-13-19(27-28-20)16-1-2-16/h3-6,9,12-13,15-16,24H,1-2,7-8,10-11,14H2,(H2,26,27,28)/p+1. The third-order valence-electron chi connectivity index (χ3n) is 6.26. The second-order valence-corrected chi connectivity index (χ2v) is 9.81. The first-order chi connectivity index (χ1) is 16.2. The number of amidine groups is 1. The molecule has 4 heterocycles. The highest BCUT2D eigenvalue weighted by Crippen LogP contribution is 2.39. The summed E-state index contributed by atoms with van der Waals surface area (Å²) in [6.45, 7) is 3.95. The van der Waals surface area contributed by atoms with E-state index >= 15 is 0 Å². The number of anilines is 1. The summed E-state index contributed by atoms with van der Waals surface area (Å²) in [7, 11) is 0. The summed E-state index contributed by atoms with van der Waals surface area (Å²) >= 11 is 1.64. The molecule has 0 radical (unpaired) electrons. The number of nitrogens with one attached hydrogen (secondary N) is 4. The molecule has 33 heavy (non-hydrogen) atoms. The van der Waals surface area contributed by atoms with Gasteiger partial charge in [0.05, 0.1) is 12.4 Å². The highest BCUT2D eigenvalue weighted by Gasteiger charge is 2.32. The lowest BCUT2D eigenvalue weighted by atomic mass is 10.2. The fourth-order valence-electron chi connectivity index (χ4n) is 4.29.